The molecule has 106 valence electrons. The molecule has 1 aliphatic heterocycles. The Morgan fingerprint density at radius 3 is 2.79 bits per heavy atom. The van der Waals surface area contributed by atoms with E-state index in [1.165, 1.54) is 11.3 Å². The van der Waals surface area contributed by atoms with Crippen molar-refractivity contribution in [1.29, 1.82) is 0 Å². The van der Waals surface area contributed by atoms with Gasteiger partial charge in [0.05, 0.1) is 6.10 Å². The number of aromatic nitrogens is 1. The van der Waals surface area contributed by atoms with Gasteiger partial charge in [0.15, 0.2) is 0 Å². The topological polar surface area (TPSA) is 37.4 Å². The smallest absolute Gasteiger partial charge is 0.0608 e. The summed E-state index contributed by atoms with van der Waals surface area (Å²) in [6.07, 6.45) is 4.68. The molecule has 0 aromatic carbocycles. The lowest BCUT2D eigenvalue weighted by molar-refractivity contribution is 0.0459. The average Bonchev–Trinajstić information content (AvgIpc) is 2.42. The molecular weight excluding hydrogens is 238 g/mol. The zero-order valence-electron chi connectivity index (χ0n) is 12.3. The molecule has 1 saturated heterocycles. The fraction of sp³-hybridized carbons (Fsp3) is 0.667. The van der Waals surface area contributed by atoms with E-state index in [-0.39, 0.29) is 0 Å². The lowest BCUT2D eigenvalue weighted by atomic mass is 10.1. The van der Waals surface area contributed by atoms with Gasteiger partial charge in [-0.3, -0.25) is 4.98 Å². The largest absolute Gasteiger partial charge is 0.378 e. The summed E-state index contributed by atoms with van der Waals surface area (Å²) < 4.78 is 5.72. The molecule has 4 nitrogen and oxygen atoms in total. The fourth-order valence-corrected chi connectivity index (χ4v) is 2.69. The molecule has 19 heavy (non-hydrogen) atoms. The molecule has 1 aromatic heterocycles. The van der Waals surface area contributed by atoms with E-state index >= 15 is 0 Å². The molecule has 0 saturated carbocycles. The van der Waals surface area contributed by atoms with Gasteiger partial charge in [-0.15, -0.1) is 0 Å². The molecule has 1 N–H and O–H groups in total. The van der Waals surface area contributed by atoms with E-state index in [0.717, 1.165) is 44.8 Å². The number of nitrogens with one attached hydrogen (secondary N) is 1. The minimum absolute atomic E-state index is 0.442. The highest BCUT2D eigenvalue weighted by Crippen LogP contribution is 2.25. The van der Waals surface area contributed by atoms with Gasteiger partial charge in [-0.2, -0.15) is 0 Å². The van der Waals surface area contributed by atoms with E-state index in [4.69, 9.17) is 4.74 Å². The number of aryl methyl sites for hydroxylation is 1. The normalized spacial score (nSPS) is 16.9. The molecule has 1 fully saturated rings. The maximum absolute atomic E-state index is 5.72. The first kappa shape index (κ1) is 14.3. The van der Waals surface area contributed by atoms with Crippen molar-refractivity contribution in [2.75, 3.05) is 31.6 Å². The Hall–Kier alpha value is -1.13. The minimum atomic E-state index is 0.442. The Labute approximate surface area is 116 Å². The predicted octanol–water partition coefficient (Wildman–Crippen LogP) is 2.11. The van der Waals surface area contributed by atoms with Crippen LogP contribution in [0, 0.1) is 6.92 Å². The third-order valence-corrected chi connectivity index (χ3v) is 3.65. The molecule has 1 aromatic rings. The van der Waals surface area contributed by atoms with Crippen LogP contribution in [0.2, 0.25) is 0 Å². The Morgan fingerprint density at radius 1 is 1.42 bits per heavy atom. The highest BCUT2D eigenvalue weighted by Gasteiger charge is 2.21. The van der Waals surface area contributed by atoms with Crippen LogP contribution in [0.4, 0.5) is 5.69 Å². The second kappa shape index (κ2) is 6.87. The standard InChI is InChI=1S/C15H25N3O/c1-4-19-14-5-7-18(8-6-14)15-9-12(2)17-11-13(15)10-16-3/h9,11,14,16H,4-8,10H2,1-3H3. The van der Waals surface area contributed by atoms with Crippen LogP contribution in [0.5, 0.6) is 0 Å². The minimum Gasteiger partial charge on any atom is -0.378 e. The van der Waals surface area contributed by atoms with Gasteiger partial charge in [-0.05, 0) is 39.8 Å². The highest BCUT2D eigenvalue weighted by atomic mass is 16.5. The Kier molecular flexibility index (Phi) is 5.16. The van der Waals surface area contributed by atoms with Crippen LogP contribution in [0.1, 0.15) is 31.0 Å². The van der Waals surface area contributed by atoms with Crippen LogP contribution in [0.3, 0.4) is 0 Å². The van der Waals surface area contributed by atoms with Gasteiger partial charge in [0, 0.05) is 49.4 Å². The second-order valence-corrected chi connectivity index (χ2v) is 5.13. The summed E-state index contributed by atoms with van der Waals surface area (Å²) in [4.78, 5) is 6.88. The number of anilines is 1. The summed E-state index contributed by atoms with van der Waals surface area (Å²) in [6.45, 7) is 7.97. The maximum atomic E-state index is 5.72. The third kappa shape index (κ3) is 3.67. The van der Waals surface area contributed by atoms with E-state index in [2.05, 4.69) is 35.1 Å². The monoisotopic (exact) mass is 263 g/mol. The molecule has 0 bridgehead atoms. The Morgan fingerprint density at radius 2 is 2.16 bits per heavy atom. The van der Waals surface area contributed by atoms with Crippen LogP contribution in [0.15, 0.2) is 12.3 Å². The maximum Gasteiger partial charge on any atom is 0.0608 e. The van der Waals surface area contributed by atoms with Crippen molar-refractivity contribution in [3.05, 3.63) is 23.5 Å². The molecule has 0 aliphatic carbocycles. The molecule has 2 rings (SSSR count). The molecule has 1 aliphatic rings. The van der Waals surface area contributed by atoms with Crippen LogP contribution < -0.4 is 10.2 Å². The van der Waals surface area contributed by atoms with Gasteiger partial charge < -0.3 is 15.0 Å². The SMILES string of the molecule is CCOC1CCN(c2cc(C)ncc2CNC)CC1. The Bertz CT molecular complexity index is 400. The first-order valence-corrected chi connectivity index (χ1v) is 7.21. The lowest BCUT2D eigenvalue weighted by Crippen LogP contribution is -2.37. The van der Waals surface area contributed by atoms with E-state index < -0.39 is 0 Å². The van der Waals surface area contributed by atoms with E-state index in [1.54, 1.807) is 0 Å². The molecule has 4 heteroatoms. The molecule has 0 atom stereocenters. The number of hydrogen-bond acceptors (Lipinski definition) is 4. The number of rotatable bonds is 5. The Balaban J connectivity index is 2.07. The quantitative estimate of drug-likeness (QED) is 0.883. The van der Waals surface area contributed by atoms with E-state index in [1.807, 2.05) is 13.2 Å². The predicted molar refractivity (Wildman–Crippen MR) is 78.6 cm³/mol. The van der Waals surface area contributed by atoms with Crippen LogP contribution in [-0.4, -0.2) is 37.8 Å². The van der Waals surface area contributed by atoms with Gasteiger partial charge in [0.1, 0.15) is 0 Å². The fourth-order valence-electron chi connectivity index (χ4n) is 2.69. The molecular formula is C15H25N3O. The van der Waals surface area contributed by atoms with Crippen molar-refractivity contribution >= 4 is 5.69 Å². The molecule has 0 unspecified atom stereocenters. The summed E-state index contributed by atoms with van der Waals surface area (Å²) in [5.41, 5.74) is 3.70. The average molecular weight is 263 g/mol. The first-order valence-electron chi connectivity index (χ1n) is 7.21. The number of pyridine rings is 1. The van der Waals surface area contributed by atoms with Gasteiger partial charge in [-0.1, -0.05) is 0 Å². The molecule has 0 radical (unpaired) electrons. The summed E-state index contributed by atoms with van der Waals surface area (Å²) in [6, 6.07) is 2.20. The van der Waals surface area contributed by atoms with Gasteiger partial charge >= 0.3 is 0 Å². The number of hydrogen-bond donors (Lipinski definition) is 1. The lowest BCUT2D eigenvalue weighted by Gasteiger charge is -2.34. The van der Waals surface area contributed by atoms with Crippen molar-refractivity contribution in [3.8, 4) is 0 Å². The van der Waals surface area contributed by atoms with Crippen molar-refractivity contribution in [3.63, 3.8) is 0 Å². The molecule has 0 spiro atoms. The zero-order valence-corrected chi connectivity index (χ0v) is 12.3. The van der Waals surface area contributed by atoms with Gasteiger partial charge in [0.25, 0.3) is 0 Å². The number of piperidine rings is 1. The van der Waals surface area contributed by atoms with E-state index in [9.17, 15) is 0 Å². The molecule has 2 heterocycles. The van der Waals surface area contributed by atoms with Crippen molar-refractivity contribution in [2.45, 2.75) is 39.3 Å². The molecule has 0 amide bonds. The zero-order chi connectivity index (χ0) is 13.7. The summed E-state index contributed by atoms with van der Waals surface area (Å²) in [5, 5.41) is 3.22. The van der Waals surface area contributed by atoms with Gasteiger partial charge in [-0.25, -0.2) is 0 Å². The highest BCUT2D eigenvalue weighted by molar-refractivity contribution is 5.54. The third-order valence-electron chi connectivity index (χ3n) is 3.65. The number of nitrogens with zero attached hydrogens (tertiary/aromatic N) is 2. The van der Waals surface area contributed by atoms with Crippen molar-refractivity contribution in [1.82, 2.24) is 10.3 Å². The van der Waals surface area contributed by atoms with Crippen LogP contribution in [-0.2, 0) is 11.3 Å². The second-order valence-electron chi connectivity index (χ2n) is 5.13. The first-order chi connectivity index (χ1) is 9.24. The summed E-state index contributed by atoms with van der Waals surface area (Å²) in [5.74, 6) is 0. The van der Waals surface area contributed by atoms with Crippen LogP contribution in [0.25, 0.3) is 0 Å². The van der Waals surface area contributed by atoms with Crippen LogP contribution >= 0.6 is 0 Å². The summed E-state index contributed by atoms with van der Waals surface area (Å²) in [7, 11) is 1.98. The van der Waals surface area contributed by atoms with Gasteiger partial charge in [0.2, 0.25) is 0 Å². The van der Waals surface area contributed by atoms with E-state index in [0.29, 0.717) is 6.10 Å². The van der Waals surface area contributed by atoms with Crippen molar-refractivity contribution < 1.29 is 4.74 Å². The van der Waals surface area contributed by atoms with Crippen molar-refractivity contribution in [2.24, 2.45) is 0 Å². The number of ether oxygens (including phenoxy) is 1. The summed E-state index contributed by atoms with van der Waals surface area (Å²) >= 11 is 0.